The highest BCUT2D eigenvalue weighted by Gasteiger charge is 2.23. The van der Waals surface area contributed by atoms with Crippen LogP contribution in [0.25, 0.3) is 0 Å². The van der Waals surface area contributed by atoms with Gasteiger partial charge in [0.25, 0.3) is 0 Å². The molecule has 2 unspecified atom stereocenters. The lowest BCUT2D eigenvalue weighted by Crippen LogP contribution is -2.46. The van der Waals surface area contributed by atoms with Gasteiger partial charge in [0.15, 0.2) is 0 Å². The molecule has 1 fully saturated rings. The molecule has 1 aromatic carbocycles. The largest absolute Gasteiger partial charge is 0.394 e. The first-order chi connectivity index (χ1) is 9.70. The van der Waals surface area contributed by atoms with Gasteiger partial charge >= 0.3 is 0 Å². The lowest BCUT2D eigenvalue weighted by molar-refractivity contribution is -0.140. The van der Waals surface area contributed by atoms with Crippen molar-refractivity contribution in [1.82, 2.24) is 4.90 Å². The van der Waals surface area contributed by atoms with Crippen LogP contribution in [0.5, 0.6) is 0 Å². The van der Waals surface area contributed by atoms with E-state index in [9.17, 15) is 4.79 Å². The molecule has 1 aliphatic heterocycles. The fourth-order valence-electron chi connectivity index (χ4n) is 2.36. The number of nitrogens with two attached hydrogens (primary N) is 1. The molecule has 20 heavy (non-hydrogen) atoms. The molecular weight excluding hydrogens is 256 g/mol. The first kappa shape index (κ1) is 15.0. The number of amides is 1. The molecule has 5 nitrogen and oxygen atoms in total. The van der Waals surface area contributed by atoms with Crippen LogP contribution in [0.2, 0.25) is 0 Å². The maximum absolute atomic E-state index is 12.1. The summed E-state index contributed by atoms with van der Waals surface area (Å²) in [7, 11) is 0. The Balaban J connectivity index is 1.80. The normalized spacial score (nSPS) is 20.7. The third-order valence-electron chi connectivity index (χ3n) is 3.59. The SMILES string of the molecule is NC(CCC(=O)N1CCOC(CO)C1)c1ccccc1. The van der Waals surface area contributed by atoms with Crippen LogP contribution in [0.15, 0.2) is 30.3 Å². The Bertz CT molecular complexity index is 424. The highest BCUT2D eigenvalue weighted by Crippen LogP contribution is 2.16. The zero-order valence-electron chi connectivity index (χ0n) is 11.6. The van der Waals surface area contributed by atoms with Crippen molar-refractivity contribution in [3.63, 3.8) is 0 Å². The fraction of sp³-hybridized carbons (Fsp3) is 0.533. The van der Waals surface area contributed by atoms with Crippen molar-refractivity contribution in [2.24, 2.45) is 5.73 Å². The molecule has 0 radical (unpaired) electrons. The summed E-state index contributed by atoms with van der Waals surface area (Å²) in [4.78, 5) is 13.9. The Morgan fingerprint density at radius 3 is 2.90 bits per heavy atom. The van der Waals surface area contributed by atoms with E-state index in [4.69, 9.17) is 15.6 Å². The van der Waals surface area contributed by atoms with Crippen LogP contribution in [0.1, 0.15) is 24.4 Å². The van der Waals surface area contributed by atoms with E-state index >= 15 is 0 Å². The number of hydrogen-bond donors (Lipinski definition) is 2. The van der Waals surface area contributed by atoms with E-state index in [1.165, 1.54) is 0 Å². The van der Waals surface area contributed by atoms with Crippen LogP contribution in [0.3, 0.4) is 0 Å². The summed E-state index contributed by atoms with van der Waals surface area (Å²) in [5, 5.41) is 9.07. The number of carbonyl (C=O) groups is 1. The van der Waals surface area contributed by atoms with Crippen molar-refractivity contribution in [2.75, 3.05) is 26.3 Å². The Morgan fingerprint density at radius 1 is 1.45 bits per heavy atom. The molecule has 110 valence electrons. The van der Waals surface area contributed by atoms with Gasteiger partial charge in [0.1, 0.15) is 0 Å². The zero-order valence-corrected chi connectivity index (χ0v) is 11.6. The number of benzene rings is 1. The third kappa shape index (κ3) is 4.03. The number of hydrogen-bond acceptors (Lipinski definition) is 4. The van der Waals surface area contributed by atoms with Gasteiger partial charge in [-0.3, -0.25) is 4.79 Å². The van der Waals surface area contributed by atoms with Crippen molar-refractivity contribution in [3.8, 4) is 0 Å². The Morgan fingerprint density at radius 2 is 2.20 bits per heavy atom. The number of morpholine rings is 1. The molecule has 0 bridgehead atoms. The molecule has 1 saturated heterocycles. The van der Waals surface area contributed by atoms with E-state index in [2.05, 4.69) is 0 Å². The Labute approximate surface area is 119 Å². The predicted octanol–water partition coefficient (Wildman–Crippen LogP) is 0.686. The number of ether oxygens (including phenoxy) is 1. The minimum Gasteiger partial charge on any atom is -0.394 e. The van der Waals surface area contributed by atoms with E-state index < -0.39 is 0 Å². The summed E-state index contributed by atoms with van der Waals surface area (Å²) >= 11 is 0. The number of aliphatic hydroxyl groups is 1. The van der Waals surface area contributed by atoms with E-state index in [-0.39, 0.29) is 24.7 Å². The number of nitrogens with zero attached hydrogens (tertiary/aromatic N) is 1. The van der Waals surface area contributed by atoms with Gasteiger partial charge in [0.2, 0.25) is 5.91 Å². The number of carbonyl (C=O) groups excluding carboxylic acids is 1. The highest BCUT2D eigenvalue weighted by molar-refractivity contribution is 5.76. The van der Waals surface area contributed by atoms with Gasteiger partial charge in [-0.2, -0.15) is 0 Å². The highest BCUT2D eigenvalue weighted by atomic mass is 16.5. The van der Waals surface area contributed by atoms with Crippen LogP contribution in [0, 0.1) is 0 Å². The van der Waals surface area contributed by atoms with Crippen molar-refractivity contribution in [1.29, 1.82) is 0 Å². The maximum atomic E-state index is 12.1. The van der Waals surface area contributed by atoms with Gasteiger partial charge in [0, 0.05) is 25.6 Å². The van der Waals surface area contributed by atoms with E-state index in [0.29, 0.717) is 32.5 Å². The summed E-state index contributed by atoms with van der Waals surface area (Å²) in [5.74, 6) is 0.0816. The summed E-state index contributed by atoms with van der Waals surface area (Å²) in [6.07, 6.45) is 0.800. The average Bonchev–Trinajstić information content (AvgIpc) is 2.53. The molecule has 2 rings (SSSR count). The second-order valence-electron chi connectivity index (χ2n) is 5.07. The van der Waals surface area contributed by atoms with Crippen molar-refractivity contribution in [2.45, 2.75) is 25.0 Å². The van der Waals surface area contributed by atoms with Crippen LogP contribution < -0.4 is 5.73 Å². The van der Waals surface area contributed by atoms with Gasteiger partial charge in [-0.15, -0.1) is 0 Å². The predicted molar refractivity (Wildman–Crippen MR) is 76.0 cm³/mol. The standard InChI is InChI=1S/C15H22N2O3/c16-14(12-4-2-1-3-5-12)6-7-15(19)17-8-9-20-13(10-17)11-18/h1-5,13-14,18H,6-11,16H2. The van der Waals surface area contributed by atoms with Crippen molar-refractivity contribution in [3.05, 3.63) is 35.9 Å². The molecule has 3 N–H and O–H groups in total. The molecule has 1 heterocycles. The maximum Gasteiger partial charge on any atom is 0.222 e. The third-order valence-corrected chi connectivity index (χ3v) is 3.59. The first-order valence-corrected chi connectivity index (χ1v) is 7.01. The Hall–Kier alpha value is -1.43. The fourth-order valence-corrected chi connectivity index (χ4v) is 2.36. The van der Waals surface area contributed by atoms with E-state index in [0.717, 1.165) is 5.56 Å². The minimum absolute atomic E-state index is 0.0483. The van der Waals surface area contributed by atoms with E-state index in [1.54, 1.807) is 4.90 Å². The van der Waals surface area contributed by atoms with Crippen molar-refractivity contribution >= 4 is 5.91 Å². The van der Waals surface area contributed by atoms with Gasteiger partial charge in [-0.25, -0.2) is 0 Å². The minimum atomic E-state index is -0.254. The lowest BCUT2D eigenvalue weighted by atomic mass is 10.0. The lowest BCUT2D eigenvalue weighted by Gasteiger charge is -2.32. The molecule has 2 atom stereocenters. The molecule has 1 aliphatic rings. The van der Waals surface area contributed by atoms with Gasteiger partial charge in [-0.05, 0) is 12.0 Å². The van der Waals surface area contributed by atoms with Crippen LogP contribution in [-0.2, 0) is 9.53 Å². The number of rotatable bonds is 5. The molecule has 0 spiro atoms. The van der Waals surface area contributed by atoms with Crippen LogP contribution in [-0.4, -0.2) is 48.3 Å². The zero-order chi connectivity index (χ0) is 14.4. The second-order valence-corrected chi connectivity index (χ2v) is 5.07. The van der Waals surface area contributed by atoms with Crippen LogP contribution in [0.4, 0.5) is 0 Å². The molecule has 1 aromatic rings. The summed E-state index contributed by atoms with van der Waals surface area (Å²) in [5.41, 5.74) is 7.14. The quantitative estimate of drug-likeness (QED) is 0.831. The van der Waals surface area contributed by atoms with Gasteiger partial charge in [-0.1, -0.05) is 30.3 Å². The summed E-state index contributed by atoms with van der Waals surface area (Å²) < 4.78 is 5.33. The summed E-state index contributed by atoms with van der Waals surface area (Å²) in [6.45, 7) is 1.50. The summed E-state index contributed by atoms with van der Waals surface area (Å²) in [6, 6.07) is 9.69. The van der Waals surface area contributed by atoms with Crippen molar-refractivity contribution < 1.29 is 14.6 Å². The average molecular weight is 278 g/mol. The van der Waals surface area contributed by atoms with Gasteiger partial charge in [0.05, 0.1) is 19.3 Å². The van der Waals surface area contributed by atoms with Crippen LogP contribution >= 0.6 is 0 Å². The van der Waals surface area contributed by atoms with Gasteiger partial charge < -0.3 is 20.5 Å². The molecule has 1 amide bonds. The monoisotopic (exact) mass is 278 g/mol. The Kier molecular flexibility index (Phi) is 5.52. The number of aliphatic hydroxyl groups excluding tert-OH is 1. The van der Waals surface area contributed by atoms with E-state index in [1.807, 2.05) is 30.3 Å². The molecule has 0 saturated carbocycles. The molecule has 0 aliphatic carbocycles. The smallest absolute Gasteiger partial charge is 0.222 e. The molecule has 0 aromatic heterocycles. The topological polar surface area (TPSA) is 75.8 Å². The molecular formula is C15H22N2O3. The molecule has 5 heteroatoms. The second kappa shape index (κ2) is 7.38. The first-order valence-electron chi connectivity index (χ1n) is 7.01.